The molecule has 2 aromatic carbocycles. The summed E-state index contributed by atoms with van der Waals surface area (Å²) in [7, 11) is 1.48. The third-order valence-electron chi connectivity index (χ3n) is 3.91. The van der Waals surface area contributed by atoms with Crippen LogP contribution in [-0.2, 0) is 11.3 Å². The zero-order valence-electron chi connectivity index (χ0n) is 15.2. The number of methoxy groups -OCH3 is 1. The summed E-state index contributed by atoms with van der Waals surface area (Å²) in [6.45, 7) is 4.60. The third kappa shape index (κ3) is 4.73. The summed E-state index contributed by atoms with van der Waals surface area (Å²) in [4.78, 5) is 17.2. The highest BCUT2D eigenvalue weighted by molar-refractivity contribution is 9.10. The first-order valence-corrected chi connectivity index (χ1v) is 9.85. The topological polar surface area (TPSA) is 70.9 Å². The van der Waals surface area contributed by atoms with Crippen molar-refractivity contribution in [3.63, 3.8) is 0 Å². The predicted molar refractivity (Wildman–Crippen MR) is 113 cm³/mol. The maximum Gasteiger partial charge on any atom is 0.264 e. The Hall–Kier alpha value is -2.25. The molecule has 0 aromatic heterocycles. The van der Waals surface area contributed by atoms with Gasteiger partial charge in [-0.25, -0.2) is 0 Å². The molecule has 7 heteroatoms. The first-order chi connectivity index (χ1) is 12.9. The van der Waals surface area contributed by atoms with E-state index in [0.717, 1.165) is 10.0 Å². The van der Waals surface area contributed by atoms with E-state index in [9.17, 15) is 9.90 Å². The fraction of sp³-hybridized carbons (Fsp3) is 0.200. The number of aromatic hydroxyl groups is 1. The maximum absolute atomic E-state index is 12.3. The number of phenolic OH excluding ortho intramolecular Hbond substituents is 1. The second-order valence-corrected chi connectivity index (χ2v) is 8.17. The van der Waals surface area contributed by atoms with Gasteiger partial charge in [0.05, 0.1) is 18.6 Å². The van der Waals surface area contributed by atoms with Crippen LogP contribution in [0, 0.1) is 13.8 Å². The molecule has 0 radical (unpaired) electrons. The fourth-order valence-corrected chi connectivity index (χ4v) is 4.09. The quantitative estimate of drug-likeness (QED) is 0.676. The molecule has 3 rings (SSSR count). The van der Waals surface area contributed by atoms with Crippen LogP contribution in [0.2, 0.25) is 0 Å². The molecule has 2 N–H and O–H groups in total. The molecule has 0 saturated carbocycles. The van der Waals surface area contributed by atoms with Crippen molar-refractivity contribution in [3.05, 3.63) is 62.0 Å². The lowest BCUT2D eigenvalue weighted by Crippen LogP contribution is -2.19. The van der Waals surface area contributed by atoms with E-state index in [1.54, 1.807) is 18.2 Å². The van der Waals surface area contributed by atoms with Crippen LogP contribution < -0.4 is 10.1 Å². The number of aryl methyl sites for hydroxylation is 2. The molecule has 1 amide bonds. The van der Waals surface area contributed by atoms with Gasteiger partial charge in [-0.1, -0.05) is 45.3 Å². The lowest BCUT2D eigenvalue weighted by atomic mass is 10.1. The fourth-order valence-electron chi connectivity index (χ4n) is 2.83. The normalized spacial score (nSPS) is 16.8. The van der Waals surface area contributed by atoms with E-state index in [2.05, 4.69) is 58.3 Å². The number of halogens is 1. The largest absolute Gasteiger partial charge is 0.504 e. The molecule has 140 valence electrons. The van der Waals surface area contributed by atoms with Crippen LogP contribution in [0.15, 0.2) is 44.7 Å². The Balaban J connectivity index is 1.81. The summed E-state index contributed by atoms with van der Waals surface area (Å²) in [6.07, 6.45) is 1.63. The molecular formula is C20H19BrN2O3S. The number of phenols is 1. The number of nitrogens with one attached hydrogen (secondary N) is 1. The lowest BCUT2D eigenvalue weighted by molar-refractivity contribution is -0.115. The van der Waals surface area contributed by atoms with Gasteiger partial charge in [0.15, 0.2) is 16.7 Å². The van der Waals surface area contributed by atoms with Gasteiger partial charge >= 0.3 is 0 Å². The van der Waals surface area contributed by atoms with Gasteiger partial charge in [0.1, 0.15) is 0 Å². The van der Waals surface area contributed by atoms with Gasteiger partial charge in [0.25, 0.3) is 5.91 Å². The SMILES string of the molecule is COc1cc(Br)cc(/C=C2\SC(=NCc3cc(C)cc(C)c3)NC2=O)c1O. The Bertz CT molecular complexity index is 950. The summed E-state index contributed by atoms with van der Waals surface area (Å²) < 4.78 is 5.89. The summed E-state index contributed by atoms with van der Waals surface area (Å²) in [5, 5.41) is 13.6. The van der Waals surface area contributed by atoms with Gasteiger partial charge < -0.3 is 15.2 Å². The summed E-state index contributed by atoms with van der Waals surface area (Å²) in [6, 6.07) is 9.67. The zero-order chi connectivity index (χ0) is 19.6. The average molecular weight is 447 g/mol. The van der Waals surface area contributed by atoms with Crippen molar-refractivity contribution in [2.75, 3.05) is 7.11 Å². The molecule has 1 fully saturated rings. The van der Waals surface area contributed by atoms with Gasteiger partial charge in [0, 0.05) is 10.0 Å². The number of aliphatic imine (C=N–C) groups is 1. The minimum Gasteiger partial charge on any atom is -0.504 e. The van der Waals surface area contributed by atoms with Crippen LogP contribution in [0.1, 0.15) is 22.3 Å². The number of thioether (sulfide) groups is 1. The van der Waals surface area contributed by atoms with Crippen LogP contribution in [0.4, 0.5) is 0 Å². The minimum atomic E-state index is -0.238. The second kappa shape index (κ2) is 8.19. The number of carbonyl (C=O) groups excluding carboxylic acids is 1. The van der Waals surface area contributed by atoms with Crippen LogP contribution in [0.5, 0.6) is 11.5 Å². The number of benzene rings is 2. The third-order valence-corrected chi connectivity index (χ3v) is 5.32. The van der Waals surface area contributed by atoms with Crippen molar-refractivity contribution in [2.24, 2.45) is 4.99 Å². The number of hydrogen-bond acceptors (Lipinski definition) is 5. The number of amidine groups is 1. The lowest BCUT2D eigenvalue weighted by Gasteiger charge is -2.07. The Morgan fingerprint density at radius 1 is 1.22 bits per heavy atom. The van der Waals surface area contributed by atoms with E-state index in [-0.39, 0.29) is 11.7 Å². The van der Waals surface area contributed by atoms with E-state index in [0.29, 0.717) is 27.9 Å². The summed E-state index contributed by atoms with van der Waals surface area (Å²) in [5.41, 5.74) is 3.97. The van der Waals surface area contributed by atoms with Crippen molar-refractivity contribution in [2.45, 2.75) is 20.4 Å². The van der Waals surface area contributed by atoms with Crippen LogP contribution in [-0.4, -0.2) is 23.3 Å². The molecule has 1 saturated heterocycles. The number of rotatable bonds is 4. The Labute approximate surface area is 170 Å². The Morgan fingerprint density at radius 3 is 2.59 bits per heavy atom. The molecule has 1 aliphatic rings. The van der Waals surface area contributed by atoms with Crippen LogP contribution in [0.25, 0.3) is 6.08 Å². The van der Waals surface area contributed by atoms with E-state index < -0.39 is 0 Å². The smallest absolute Gasteiger partial charge is 0.264 e. The molecular weight excluding hydrogens is 428 g/mol. The monoisotopic (exact) mass is 446 g/mol. The molecule has 0 atom stereocenters. The van der Waals surface area contributed by atoms with E-state index in [1.165, 1.54) is 30.0 Å². The standard InChI is InChI=1S/C20H19BrN2O3S/c1-11-4-12(2)6-13(5-11)10-22-20-23-19(25)17(27-20)8-14-7-15(21)9-16(26-3)18(14)24/h4-9,24H,10H2,1-3H3,(H,22,23,25)/b17-8-. The predicted octanol–water partition coefficient (Wildman–Crippen LogP) is 4.54. The van der Waals surface area contributed by atoms with E-state index in [4.69, 9.17) is 4.74 Å². The maximum atomic E-state index is 12.3. The van der Waals surface area contributed by atoms with Gasteiger partial charge in [0.2, 0.25) is 0 Å². The van der Waals surface area contributed by atoms with Crippen LogP contribution in [0.3, 0.4) is 0 Å². The Morgan fingerprint density at radius 2 is 1.93 bits per heavy atom. The molecule has 0 spiro atoms. The van der Waals surface area contributed by atoms with Crippen molar-refractivity contribution in [1.82, 2.24) is 5.32 Å². The highest BCUT2D eigenvalue weighted by Crippen LogP contribution is 2.37. The van der Waals surface area contributed by atoms with Gasteiger partial charge in [-0.2, -0.15) is 0 Å². The van der Waals surface area contributed by atoms with Gasteiger partial charge in [-0.15, -0.1) is 0 Å². The van der Waals surface area contributed by atoms with Crippen molar-refractivity contribution < 1.29 is 14.6 Å². The summed E-state index contributed by atoms with van der Waals surface area (Å²) >= 11 is 4.63. The molecule has 0 unspecified atom stereocenters. The molecule has 0 bridgehead atoms. The van der Waals surface area contributed by atoms with Gasteiger partial charge in [-0.05, 0) is 49.4 Å². The number of amides is 1. The van der Waals surface area contributed by atoms with Crippen molar-refractivity contribution >= 4 is 44.8 Å². The molecule has 1 heterocycles. The highest BCUT2D eigenvalue weighted by atomic mass is 79.9. The van der Waals surface area contributed by atoms with E-state index >= 15 is 0 Å². The number of hydrogen-bond donors (Lipinski definition) is 2. The second-order valence-electron chi connectivity index (χ2n) is 6.23. The number of ether oxygens (including phenoxy) is 1. The molecule has 2 aromatic rings. The number of carbonyl (C=O) groups is 1. The Kier molecular flexibility index (Phi) is 5.92. The van der Waals surface area contributed by atoms with Crippen molar-refractivity contribution in [3.8, 4) is 11.5 Å². The molecule has 1 aliphatic heterocycles. The zero-order valence-corrected chi connectivity index (χ0v) is 17.6. The average Bonchev–Trinajstić information content (AvgIpc) is 2.95. The van der Waals surface area contributed by atoms with Gasteiger partial charge in [-0.3, -0.25) is 9.79 Å². The molecule has 5 nitrogen and oxygen atoms in total. The molecule has 27 heavy (non-hydrogen) atoms. The summed E-state index contributed by atoms with van der Waals surface area (Å²) in [5.74, 6) is 0.0862. The van der Waals surface area contributed by atoms with Crippen molar-refractivity contribution in [1.29, 1.82) is 0 Å². The first-order valence-electron chi connectivity index (χ1n) is 8.24. The highest BCUT2D eigenvalue weighted by Gasteiger charge is 2.24. The van der Waals surface area contributed by atoms with E-state index in [1.807, 2.05) is 0 Å². The first kappa shape index (κ1) is 19.5. The minimum absolute atomic E-state index is 0.0118. The van der Waals surface area contributed by atoms with Crippen LogP contribution >= 0.6 is 27.7 Å². The number of nitrogens with zero attached hydrogens (tertiary/aromatic N) is 1. The molecule has 0 aliphatic carbocycles.